The predicted octanol–water partition coefficient (Wildman–Crippen LogP) is 4.37. The Morgan fingerprint density at radius 1 is 1.25 bits per heavy atom. The van der Waals surface area contributed by atoms with Crippen LogP contribution in [0.3, 0.4) is 0 Å². The predicted molar refractivity (Wildman–Crippen MR) is 144 cm³/mol. The molecule has 0 saturated heterocycles. The molecule has 0 spiro atoms. The highest BCUT2D eigenvalue weighted by molar-refractivity contribution is 5.85. The SMILES string of the molecule is CO[C@]1(C(=O)N[C@@H](C)c2ccc(-n3cc(F)cn3)nc2)CC[C@@H](c2nc(Nc3cc(C)[nH]n3)ccc2C#N)CC1. The lowest BCUT2D eigenvalue weighted by atomic mass is 9.76. The summed E-state index contributed by atoms with van der Waals surface area (Å²) in [7, 11) is 1.56. The van der Waals surface area contributed by atoms with Gasteiger partial charge < -0.3 is 15.4 Å². The van der Waals surface area contributed by atoms with E-state index in [9.17, 15) is 14.4 Å². The van der Waals surface area contributed by atoms with Crippen molar-refractivity contribution in [3.63, 3.8) is 0 Å². The van der Waals surface area contributed by atoms with Crippen molar-refractivity contribution in [2.45, 2.75) is 57.1 Å². The number of aromatic amines is 1. The molecule has 0 bridgehead atoms. The van der Waals surface area contributed by atoms with Crippen LogP contribution in [0.4, 0.5) is 16.0 Å². The van der Waals surface area contributed by atoms with Crippen molar-refractivity contribution in [2.24, 2.45) is 0 Å². The molecule has 40 heavy (non-hydrogen) atoms. The molecule has 3 N–H and O–H groups in total. The second-order valence-corrected chi connectivity index (χ2v) is 10.0. The summed E-state index contributed by atoms with van der Waals surface area (Å²) in [5, 5.41) is 26.9. The zero-order chi connectivity index (χ0) is 28.3. The number of nitriles is 1. The van der Waals surface area contributed by atoms with E-state index in [0.29, 0.717) is 54.4 Å². The van der Waals surface area contributed by atoms with Crippen LogP contribution in [0.1, 0.15) is 67.1 Å². The minimum atomic E-state index is -0.986. The zero-order valence-electron chi connectivity index (χ0n) is 22.5. The topological polar surface area (TPSA) is 146 Å². The van der Waals surface area contributed by atoms with E-state index in [1.165, 1.54) is 10.9 Å². The molecular weight excluding hydrogens is 513 g/mol. The summed E-state index contributed by atoms with van der Waals surface area (Å²) in [5.41, 5.74) is 1.96. The van der Waals surface area contributed by atoms with E-state index in [1.54, 1.807) is 31.5 Å². The summed E-state index contributed by atoms with van der Waals surface area (Å²) in [4.78, 5) is 22.5. The number of carbonyl (C=O) groups excluding carboxylic acids is 1. The smallest absolute Gasteiger partial charge is 0.252 e. The van der Waals surface area contributed by atoms with E-state index in [2.05, 4.69) is 37.0 Å². The van der Waals surface area contributed by atoms with Gasteiger partial charge in [-0.25, -0.2) is 19.0 Å². The number of aromatic nitrogens is 6. The largest absolute Gasteiger partial charge is 0.368 e. The molecule has 1 amide bonds. The fourth-order valence-electron chi connectivity index (χ4n) is 5.07. The fraction of sp³-hybridized carbons (Fsp3) is 0.357. The molecule has 206 valence electrons. The Hall–Kier alpha value is -4.63. The number of carbonyl (C=O) groups is 1. The standard InChI is InChI=1S/C28H30FN9O2/c1-17-12-24(37-36-17)34-23-6-4-20(13-30)26(35-23)19-8-10-28(40-3,11-9-19)27(39)33-18(2)21-5-7-25(31-14-21)38-16-22(29)15-32-38/h4-7,12,14-16,18-19H,8-11H2,1-3H3,(H,33,39)(H2,34,35,36,37)/t18-,19-,28-/m0/s1. The molecule has 4 heterocycles. The summed E-state index contributed by atoms with van der Waals surface area (Å²) in [6.07, 6.45) is 6.24. The van der Waals surface area contributed by atoms with Crippen molar-refractivity contribution in [1.82, 2.24) is 35.3 Å². The van der Waals surface area contributed by atoms with Gasteiger partial charge in [0.1, 0.15) is 17.5 Å². The van der Waals surface area contributed by atoms with Crippen LogP contribution in [0, 0.1) is 24.1 Å². The quantitative estimate of drug-likeness (QED) is 0.297. The monoisotopic (exact) mass is 543 g/mol. The van der Waals surface area contributed by atoms with Crippen molar-refractivity contribution < 1.29 is 13.9 Å². The highest BCUT2D eigenvalue weighted by Crippen LogP contribution is 2.41. The van der Waals surface area contributed by atoms with Gasteiger partial charge in [-0.05, 0) is 63.3 Å². The van der Waals surface area contributed by atoms with Crippen molar-refractivity contribution >= 4 is 17.5 Å². The Bertz CT molecular complexity index is 1530. The molecule has 0 aromatic carbocycles. The van der Waals surface area contributed by atoms with Gasteiger partial charge in [0.05, 0.1) is 29.7 Å². The van der Waals surface area contributed by atoms with Gasteiger partial charge in [0, 0.05) is 31.0 Å². The Morgan fingerprint density at radius 2 is 2.05 bits per heavy atom. The van der Waals surface area contributed by atoms with Crippen LogP contribution in [-0.2, 0) is 9.53 Å². The van der Waals surface area contributed by atoms with Crippen LogP contribution >= 0.6 is 0 Å². The number of nitrogens with zero attached hydrogens (tertiary/aromatic N) is 6. The molecule has 11 nitrogen and oxygen atoms in total. The first-order valence-corrected chi connectivity index (χ1v) is 13.0. The van der Waals surface area contributed by atoms with Crippen molar-refractivity contribution in [1.29, 1.82) is 5.26 Å². The van der Waals surface area contributed by atoms with Crippen LogP contribution in [0.2, 0.25) is 0 Å². The van der Waals surface area contributed by atoms with E-state index in [0.717, 1.165) is 17.5 Å². The third-order valence-electron chi connectivity index (χ3n) is 7.40. The number of rotatable bonds is 8. The first-order valence-electron chi connectivity index (χ1n) is 13.0. The van der Waals surface area contributed by atoms with Gasteiger partial charge in [-0.2, -0.15) is 15.5 Å². The van der Waals surface area contributed by atoms with Gasteiger partial charge in [0.15, 0.2) is 17.5 Å². The second kappa shape index (κ2) is 11.2. The number of amides is 1. The van der Waals surface area contributed by atoms with Gasteiger partial charge in [-0.3, -0.25) is 9.89 Å². The molecule has 1 fully saturated rings. The zero-order valence-corrected chi connectivity index (χ0v) is 22.5. The van der Waals surface area contributed by atoms with Crippen LogP contribution in [-0.4, -0.2) is 48.6 Å². The highest BCUT2D eigenvalue weighted by Gasteiger charge is 2.43. The van der Waals surface area contributed by atoms with E-state index in [1.807, 2.05) is 26.0 Å². The normalized spacial score (nSPS) is 19.5. The molecule has 4 aromatic heterocycles. The molecule has 1 aliphatic carbocycles. The van der Waals surface area contributed by atoms with Crippen molar-refractivity contribution in [3.8, 4) is 11.9 Å². The number of hydrogen-bond acceptors (Lipinski definition) is 8. The Labute approximate surface area is 230 Å². The lowest BCUT2D eigenvalue weighted by Gasteiger charge is -2.38. The molecule has 1 aliphatic rings. The molecule has 1 atom stereocenters. The number of nitrogens with one attached hydrogen (secondary N) is 3. The number of anilines is 2. The Balaban J connectivity index is 1.24. The van der Waals surface area contributed by atoms with Crippen molar-refractivity contribution in [2.75, 3.05) is 12.4 Å². The minimum absolute atomic E-state index is 0.00898. The van der Waals surface area contributed by atoms with Gasteiger partial charge in [0.25, 0.3) is 5.91 Å². The van der Waals surface area contributed by atoms with Gasteiger partial charge in [-0.1, -0.05) is 6.07 Å². The average molecular weight is 544 g/mol. The number of ether oxygens (including phenoxy) is 1. The molecule has 12 heteroatoms. The maximum absolute atomic E-state index is 13.5. The lowest BCUT2D eigenvalue weighted by Crippen LogP contribution is -2.50. The van der Waals surface area contributed by atoms with Gasteiger partial charge in [0.2, 0.25) is 0 Å². The number of pyridine rings is 2. The molecule has 4 aromatic rings. The summed E-state index contributed by atoms with van der Waals surface area (Å²) >= 11 is 0. The third kappa shape index (κ3) is 5.55. The average Bonchev–Trinajstić information content (AvgIpc) is 3.60. The van der Waals surface area contributed by atoms with E-state index >= 15 is 0 Å². The minimum Gasteiger partial charge on any atom is -0.368 e. The van der Waals surface area contributed by atoms with Gasteiger partial charge >= 0.3 is 0 Å². The lowest BCUT2D eigenvalue weighted by molar-refractivity contribution is -0.148. The molecule has 0 aliphatic heterocycles. The third-order valence-corrected chi connectivity index (χ3v) is 7.40. The highest BCUT2D eigenvalue weighted by atomic mass is 19.1. The number of methoxy groups -OCH3 is 1. The number of hydrogen-bond donors (Lipinski definition) is 3. The van der Waals surface area contributed by atoms with Crippen LogP contribution in [0.15, 0.2) is 48.9 Å². The first-order chi connectivity index (χ1) is 19.3. The molecular formula is C28H30FN9O2. The fourth-order valence-corrected chi connectivity index (χ4v) is 5.07. The number of aryl methyl sites for hydroxylation is 1. The van der Waals surface area contributed by atoms with Crippen LogP contribution in [0.5, 0.6) is 0 Å². The summed E-state index contributed by atoms with van der Waals surface area (Å²) in [5.74, 6) is 1.09. The molecule has 5 rings (SSSR count). The number of H-pyrrole nitrogens is 1. The van der Waals surface area contributed by atoms with Gasteiger partial charge in [-0.15, -0.1) is 0 Å². The maximum atomic E-state index is 13.5. The molecule has 0 unspecified atom stereocenters. The summed E-state index contributed by atoms with van der Waals surface area (Å²) < 4.78 is 20.4. The van der Waals surface area contributed by atoms with E-state index in [4.69, 9.17) is 9.72 Å². The van der Waals surface area contributed by atoms with Crippen LogP contribution in [0.25, 0.3) is 5.82 Å². The van der Waals surface area contributed by atoms with Crippen molar-refractivity contribution in [3.05, 3.63) is 77.3 Å². The summed E-state index contributed by atoms with van der Waals surface area (Å²) in [6.45, 7) is 3.79. The summed E-state index contributed by atoms with van der Waals surface area (Å²) in [6, 6.07) is 10.9. The molecule has 1 saturated carbocycles. The number of halogens is 1. The first kappa shape index (κ1) is 27.0. The Kier molecular flexibility index (Phi) is 7.57. The van der Waals surface area contributed by atoms with Crippen LogP contribution < -0.4 is 10.6 Å². The Morgan fingerprint density at radius 3 is 2.65 bits per heavy atom. The van der Waals surface area contributed by atoms with E-state index < -0.39 is 11.4 Å². The van der Waals surface area contributed by atoms with E-state index in [-0.39, 0.29) is 17.9 Å². The maximum Gasteiger partial charge on any atom is 0.252 e. The second-order valence-electron chi connectivity index (χ2n) is 10.0. The molecule has 0 radical (unpaired) electrons.